The van der Waals surface area contributed by atoms with E-state index in [9.17, 15) is 32.8 Å². The number of halogens is 4. The van der Waals surface area contributed by atoms with Crippen molar-refractivity contribution in [1.29, 1.82) is 5.26 Å². The third-order valence-electron chi connectivity index (χ3n) is 7.00. The smallest absolute Gasteiger partial charge is 0.416 e. The van der Waals surface area contributed by atoms with Crippen LogP contribution in [0.5, 0.6) is 0 Å². The molecule has 2 fully saturated rings. The first-order valence-electron chi connectivity index (χ1n) is 12.9. The van der Waals surface area contributed by atoms with E-state index in [0.717, 1.165) is 21.9 Å². The summed E-state index contributed by atoms with van der Waals surface area (Å²) in [6.07, 6.45) is -0.830. The zero-order chi connectivity index (χ0) is 30.0. The SMILES string of the molecule is N#Cc1ccnc(N2C(=O)OCC[C@H]2C(=O)N(c2cccc(F)c2)C(C(=O)NC2CC(F)(F)C2)c2ccccc2Cl)c1. The Balaban J connectivity index is 1.62. The van der Waals surface area contributed by atoms with Crippen LogP contribution < -0.4 is 15.1 Å². The van der Waals surface area contributed by atoms with E-state index in [1.807, 2.05) is 6.07 Å². The summed E-state index contributed by atoms with van der Waals surface area (Å²) in [5, 5.41) is 12.0. The Morgan fingerprint density at radius 1 is 1.17 bits per heavy atom. The molecule has 1 aliphatic heterocycles. The Labute approximate surface area is 243 Å². The van der Waals surface area contributed by atoms with Crippen LogP contribution >= 0.6 is 11.6 Å². The first-order chi connectivity index (χ1) is 20.1. The van der Waals surface area contributed by atoms with Gasteiger partial charge in [-0.2, -0.15) is 5.26 Å². The summed E-state index contributed by atoms with van der Waals surface area (Å²) in [6, 6.07) is 12.0. The van der Waals surface area contributed by atoms with Gasteiger partial charge in [-0.05, 0) is 36.4 Å². The predicted molar refractivity (Wildman–Crippen MR) is 145 cm³/mol. The number of nitrogens with one attached hydrogen (secondary N) is 1. The number of nitriles is 1. The summed E-state index contributed by atoms with van der Waals surface area (Å²) >= 11 is 6.49. The number of carbonyl (C=O) groups is 3. The molecular weight excluding hydrogens is 575 g/mol. The maximum Gasteiger partial charge on any atom is 0.416 e. The van der Waals surface area contributed by atoms with Crippen LogP contribution in [0.4, 0.5) is 29.5 Å². The third kappa shape index (κ3) is 5.87. The third-order valence-corrected chi connectivity index (χ3v) is 7.34. The molecule has 2 aromatic carbocycles. The van der Waals surface area contributed by atoms with Crippen LogP contribution in [0.3, 0.4) is 0 Å². The molecule has 2 heterocycles. The lowest BCUT2D eigenvalue weighted by Crippen LogP contribution is -2.58. The highest BCUT2D eigenvalue weighted by atomic mass is 35.5. The van der Waals surface area contributed by atoms with Gasteiger partial charge < -0.3 is 10.1 Å². The van der Waals surface area contributed by atoms with Crippen LogP contribution in [0, 0.1) is 17.1 Å². The molecule has 2 aliphatic rings. The highest BCUT2D eigenvalue weighted by Gasteiger charge is 2.48. The number of aromatic nitrogens is 1. The van der Waals surface area contributed by atoms with Crippen molar-refractivity contribution in [2.24, 2.45) is 0 Å². The Hall–Kier alpha value is -4.63. The molecule has 42 heavy (non-hydrogen) atoms. The topological polar surface area (TPSA) is 116 Å². The summed E-state index contributed by atoms with van der Waals surface area (Å²) in [7, 11) is 0. The second kappa shape index (κ2) is 11.7. The number of carbonyl (C=O) groups excluding carboxylic acids is 3. The normalized spacial score (nSPS) is 18.7. The number of benzene rings is 2. The van der Waals surface area contributed by atoms with Crippen LogP contribution in [0.1, 0.15) is 36.4 Å². The van der Waals surface area contributed by atoms with E-state index in [-0.39, 0.29) is 40.7 Å². The maximum atomic E-state index is 14.6. The lowest BCUT2D eigenvalue weighted by molar-refractivity contribution is -0.133. The molecule has 1 aromatic heterocycles. The average Bonchev–Trinajstić information content (AvgIpc) is 2.95. The number of hydrogen-bond donors (Lipinski definition) is 1. The molecule has 0 spiro atoms. The van der Waals surface area contributed by atoms with Gasteiger partial charge in [0.05, 0.1) is 18.2 Å². The van der Waals surface area contributed by atoms with Gasteiger partial charge in [0.25, 0.3) is 11.8 Å². The summed E-state index contributed by atoms with van der Waals surface area (Å²) in [5.74, 6) is -5.34. The van der Waals surface area contributed by atoms with E-state index in [2.05, 4.69) is 10.3 Å². The molecule has 0 radical (unpaired) electrons. The van der Waals surface area contributed by atoms with Crippen molar-refractivity contribution < 1.29 is 32.3 Å². The van der Waals surface area contributed by atoms with Gasteiger partial charge in [0, 0.05) is 47.8 Å². The van der Waals surface area contributed by atoms with E-state index >= 15 is 0 Å². The Kier molecular flexibility index (Phi) is 8.04. The number of pyridine rings is 1. The zero-order valence-corrected chi connectivity index (χ0v) is 22.6. The van der Waals surface area contributed by atoms with E-state index in [1.165, 1.54) is 42.6 Å². The molecule has 216 valence electrons. The van der Waals surface area contributed by atoms with Gasteiger partial charge in [-0.15, -0.1) is 0 Å². The van der Waals surface area contributed by atoms with Gasteiger partial charge in [0.1, 0.15) is 23.7 Å². The first-order valence-corrected chi connectivity index (χ1v) is 13.3. The quantitative estimate of drug-likeness (QED) is 0.403. The molecule has 13 heteroatoms. The van der Waals surface area contributed by atoms with Crippen LogP contribution in [0.15, 0.2) is 66.9 Å². The molecule has 1 N–H and O–H groups in total. The molecule has 5 rings (SSSR count). The molecule has 1 unspecified atom stereocenters. The van der Waals surface area contributed by atoms with Crippen molar-refractivity contribution in [1.82, 2.24) is 10.3 Å². The van der Waals surface area contributed by atoms with Crippen LogP contribution in [0.2, 0.25) is 5.02 Å². The van der Waals surface area contributed by atoms with E-state index in [0.29, 0.717) is 0 Å². The molecule has 0 bridgehead atoms. The van der Waals surface area contributed by atoms with Gasteiger partial charge in [0.2, 0.25) is 5.91 Å². The number of alkyl halides is 2. The average molecular weight is 598 g/mol. The van der Waals surface area contributed by atoms with E-state index in [4.69, 9.17) is 16.3 Å². The fourth-order valence-electron chi connectivity index (χ4n) is 5.02. The minimum atomic E-state index is -2.93. The molecule has 9 nitrogen and oxygen atoms in total. The van der Waals surface area contributed by atoms with Crippen LogP contribution in [-0.4, -0.2) is 47.5 Å². The van der Waals surface area contributed by atoms with Gasteiger partial charge >= 0.3 is 6.09 Å². The van der Waals surface area contributed by atoms with Crippen molar-refractivity contribution in [3.63, 3.8) is 0 Å². The van der Waals surface area contributed by atoms with Crippen molar-refractivity contribution in [2.75, 3.05) is 16.4 Å². The first kappa shape index (κ1) is 28.9. The summed E-state index contributed by atoms with van der Waals surface area (Å²) in [4.78, 5) is 47.4. The number of rotatable bonds is 7. The summed E-state index contributed by atoms with van der Waals surface area (Å²) in [6.45, 7) is -0.152. The maximum absolute atomic E-state index is 14.6. The predicted octanol–water partition coefficient (Wildman–Crippen LogP) is 5.15. The monoisotopic (exact) mass is 597 g/mol. The second-order valence-electron chi connectivity index (χ2n) is 9.89. The van der Waals surface area contributed by atoms with Gasteiger partial charge in [-0.25, -0.2) is 27.8 Å². The molecule has 3 aromatic rings. The lowest BCUT2D eigenvalue weighted by Gasteiger charge is -2.40. The highest BCUT2D eigenvalue weighted by molar-refractivity contribution is 6.31. The minimum absolute atomic E-state index is 0.0411. The van der Waals surface area contributed by atoms with E-state index in [1.54, 1.807) is 12.1 Å². The number of hydrogen-bond acceptors (Lipinski definition) is 6. The lowest BCUT2D eigenvalue weighted by atomic mass is 9.87. The molecule has 1 saturated heterocycles. The van der Waals surface area contributed by atoms with Crippen molar-refractivity contribution in [3.8, 4) is 6.07 Å². The highest BCUT2D eigenvalue weighted by Crippen LogP contribution is 2.39. The molecular formula is C29H23ClF3N5O4. The van der Waals surface area contributed by atoms with Crippen molar-refractivity contribution in [3.05, 3.63) is 88.8 Å². The molecule has 1 aliphatic carbocycles. The molecule has 2 atom stereocenters. The van der Waals surface area contributed by atoms with Gasteiger partial charge in [0.15, 0.2) is 0 Å². The van der Waals surface area contributed by atoms with Crippen molar-refractivity contribution in [2.45, 2.75) is 43.3 Å². The van der Waals surface area contributed by atoms with Crippen molar-refractivity contribution >= 4 is 41.0 Å². The Bertz CT molecular complexity index is 1570. The summed E-state index contributed by atoms with van der Waals surface area (Å²) < 4.78 is 46.9. The number of nitrogens with zero attached hydrogens (tertiary/aromatic N) is 4. The zero-order valence-electron chi connectivity index (χ0n) is 21.8. The fourth-order valence-corrected chi connectivity index (χ4v) is 5.26. The van der Waals surface area contributed by atoms with Crippen LogP contribution in [-0.2, 0) is 14.3 Å². The Morgan fingerprint density at radius 3 is 2.62 bits per heavy atom. The number of anilines is 2. The van der Waals surface area contributed by atoms with Gasteiger partial charge in [-0.1, -0.05) is 35.9 Å². The van der Waals surface area contributed by atoms with Gasteiger partial charge in [-0.3, -0.25) is 14.5 Å². The molecule has 3 amide bonds. The number of amides is 3. The fraction of sp³-hybridized carbons (Fsp3) is 0.276. The minimum Gasteiger partial charge on any atom is -0.449 e. The Morgan fingerprint density at radius 2 is 1.93 bits per heavy atom. The number of cyclic esters (lactones) is 1. The molecule has 1 saturated carbocycles. The number of ether oxygens (including phenoxy) is 1. The second-order valence-corrected chi connectivity index (χ2v) is 10.3. The van der Waals surface area contributed by atoms with Crippen LogP contribution in [0.25, 0.3) is 0 Å². The van der Waals surface area contributed by atoms with E-state index < -0.39 is 60.6 Å². The largest absolute Gasteiger partial charge is 0.449 e. The standard InChI is InChI=1S/C29H23ClF3N5O4/c30-22-7-2-1-6-21(22)25(26(39)36-19-14-29(32,33)15-19)37(20-5-3-4-18(31)13-20)27(40)23-9-11-42-28(41)38(23)24-12-17(16-34)8-10-35-24/h1-8,10,12-13,19,23,25H,9,11,14-15H2,(H,36,39)/t23-,25?/m0/s1. The summed E-state index contributed by atoms with van der Waals surface area (Å²) in [5.41, 5.74) is 0.267.